The van der Waals surface area contributed by atoms with Gasteiger partial charge in [-0.3, -0.25) is 0 Å². The Bertz CT molecular complexity index is 308. The van der Waals surface area contributed by atoms with Crippen LogP contribution in [0.4, 0.5) is 0 Å². The van der Waals surface area contributed by atoms with Crippen molar-refractivity contribution in [2.75, 3.05) is 6.61 Å². The van der Waals surface area contributed by atoms with E-state index in [1.165, 1.54) is 0 Å². The molecule has 4 heteroatoms. The van der Waals surface area contributed by atoms with Crippen LogP contribution in [0.25, 0.3) is 0 Å². The molecule has 0 radical (unpaired) electrons. The molecule has 1 N–H and O–H groups in total. The normalized spacial score (nSPS) is 20.9. The minimum atomic E-state index is 0.266. The lowest BCUT2D eigenvalue weighted by Crippen LogP contribution is -2.23. The average molecular weight is 195 g/mol. The minimum Gasteiger partial charge on any atom is -0.396 e. The first-order valence-corrected chi connectivity index (χ1v) is 5.37. The van der Waals surface area contributed by atoms with E-state index in [0.29, 0.717) is 5.92 Å². The molecule has 0 aromatic carbocycles. The first-order chi connectivity index (χ1) is 6.83. The third kappa shape index (κ3) is 1.80. The zero-order valence-corrected chi connectivity index (χ0v) is 8.61. The highest BCUT2D eigenvalue weighted by Crippen LogP contribution is 2.17. The number of aromatic nitrogens is 3. The molecule has 1 aliphatic rings. The molecule has 0 fully saturated rings. The smallest absolute Gasteiger partial charge is 0.150 e. The topological polar surface area (TPSA) is 50.9 Å². The van der Waals surface area contributed by atoms with Crippen LogP contribution in [0, 0.1) is 5.92 Å². The van der Waals surface area contributed by atoms with Crippen LogP contribution in [-0.2, 0) is 19.4 Å². The summed E-state index contributed by atoms with van der Waals surface area (Å²) in [6.45, 7) is 3.24. The van der Waals surface area contributed by atoms with Crippen molar-refractivity contribution in [2.45, 2.75) is 39.2 Å². The number of hydrogen-bond donors (Lipinski definition) is 1. The van der Waals surface area contributed by atoms with E-state index in [4.69, 9.17) is 5.11 Å². The van der Waals surface area contributed by atoms with Gasteiger partial charge in [0, 0.05) is 31.9 Å². The van der Waals surface area contributed by atoms with Crippen LogP contribution >= 0.6 is 0 Å². The van der Waals surface area contributed by atoms with E-state index < -0.39 is 0 Å². The van der Waals surface area contributed by atoms with Crippen LogP contribution in [0.5, 0.6) is 0 Å². The Labute approximate surface area is 84.0 Å². The lowest BCUT2D eigenvalue weighted by Gasteiger charge is -2.19. The van der Waals surface area contributed by atoms with Gasteiger partial charge in [0.05, 0.1) is 0 Å². The minimum absolute atomic E-state index is 0.266. The molecular formula is C10H17N3O. The van der Waals surface area contributed by atoms with E-state index in [1.54, 1.807) is 0 Å². The highest BCUT2D eigenvalue weighted by atomic mass is 16.3. The van der Waals surface area contributed by atoms with Crippen molar-refractivity contribution in [3.63, 3.8) is 0 Å². The van der Waals surface area contributed by atoms with Gasteiger partial charge in [-0.25, -0.2) is 9.67 Å². The number of nitrogens with zero attached hydrogens (tertiary/aromatic N) is 3. The van der Waals surface area contributed by atoms with Crippen molar-refractivity contribution in [1.29, 1.82) is 0 Å². The fourth-order valence-corrected chi connectivity index (χ4v) is 1.90. The Morgan fingerprint density at radius 2 is 2.43 bits per heavy atom. The van der Waals surface area contributed by atoms with Gasteiger partial charge in [0.15, 0.2) is 5.82 Å². The number of aliphatic hydroxyl groups is 1. The van der Waals surface area contributed by atoms with Crippen molar-refractivity contribution in [2.24, 2.45) is 5.92 Å². The molecule has 1 aromatic heterocycles. The van der Waals surface area contributed by atoms with Gasteiger partial charge in [0.25, 0.3) is 0 Å². The molecule has 2 rings (SSSR count). The second-order valence-electron chi connectivity index (χ2n) is 3.96. The molecule has 0 bridgehead atoms. The van der Waals surface area contributed by atoms with Crippen LogP contribution in [-0.4, -0.2) is 26.5 Å². The van der Waals surface area contributed by atoms with Gasteiger partial charge in [0.2, 0.25) is 0 Å². The van der Waals surface area contributed by atoms with Gasteiger partial charge in [-0.05, 0) is 12.8 Å². The van der Waals surface area contributed by atoms with Gasteiger partial charge in [-0.1, -0.05) is 6.92 Å². The summed E-state index contributed by atoms with van der Waals surface area (Å²) in [6.07, 6.45) is 4.05. The van der Waals surface area contributed by atoms with Crippen LogP contribution in [0.3, 0.4) is 0 Å². The molecule has 14 heavy (non-hydrogen) atoms. The molecular weight excluding hydrogens is 178 g/mol. The van der Waals surface area contributed by atoms with Crippen molar-refractivity contribution < 1.29 is 5.11 Å². The highest BCUT2D eigenvalue weighted by molar-refractivity contribution is 4.97. The number of aliphatic hydroxyl groups excluding tert-OH is 1. The number of aryl methyl sites for hydroxylation is 2. The van der Waals surface area contributed by atoms with Crippen LogP contribution in [0.1, 0.15) is 31.4 Å². The summed E-state index contributed by atoms with van der Waals surface area (Å²) >= 11 is 0. The van der Waals surface area contributed by atoms with E-state index in [2.05, 4.69) is 17.0 Å². The number of rotatable bonds is 3. The second-order valence-corrected chi connectivity index (χ2v) is 3.96. The Morgan fingerprint density at radius 3 is 3.14 bits per heavy atom. The highest BCUT2D eigenvalue weighted by Gasteiger charge is 2.20. The fourth-order valence-electron chi connectivity index (χ4n) is 1.90. The van der Waals surface area contributed by atoms with Crippen LogP contribution in [0.15, 0.2) is 0 Å². The molecule has 1 aliphatic heterocycles. The van der Waals surface area contributed by atoms with Gasteiger partial charge < -0.3 is 5.11 Å². The van der Waals surface area contributed by atoms with Crippen molar-refractivity contribution in [1.82, 2.24) is 14.8 Å². The van der Waals surface area contributed by atoms with E-state index >= 15 is 0 Å². The quantitative estimate of drug-likeness (QED) is 0.775. The summed E-state index contributed by atoms with van der Waals surface area (Å²) in [7, 11) is 0. The average Bonchev–Trinajstić information content (AvgIpc) is 2.59. The molecule has 1 unspecified atom stereocenters. The zero-order valence-electron chi connectivity index (χ0n) is 8.61. The zero-order chi connectivity index (χ0) is 9.97. The Hall–Kier alpha value is -0.900. The summed E-state index contributed by atoms with van der Waals surface area (Å²) in [5, 5.41) is 13.5. The molecule has 0 amide bonds. The first kappa shape index (κ1) is 9.65. The summed E-state index contributed by atoms with van der Waals surface area (Å²) in [5.41, 5.74) is 0. The first-order valence-electron chi connectivity index (χ1n) is 5.37. The van der Waals surface area contributed by atoms with E-state index in [0.717, 1.165) is 43.9 Å². The molecule has 2 heterocycles. The Balaban J connectivity index is 2.12. The number of fused-ring (bicyclic) bond motifs is 1. The maximum absolute atomic E-state index is 9.07. The molecule has 1 atom stereocenters. The maximum atomic E-state index is 9.07. The third-order valence-corrected chi connectivity index (χ3v) is 2.73. The van der Waals surface area contributed by atoms with Crippen LogP contribution < -0.4 is 0 Å². The largest absolute Gasteiger partial charge is 0.396 e. The predicted molar refractivity (Wildman–Crippen MR) is 52.9 cm³/mol. The summed E-state index contributed by atoms with van der Waals surface area (Å²) in [4.78, 5) is 4.48. The standard InChI is InChI=1S/C10H17N3O/c1-2-3-9-11-10-5-4-8(7-14)6-13(10)12-9/h8,14H,2-7H2,1H3. The third-order valence-electron chi connectivity index (χ3n) is 2.73. The molecule has 0 saturated carbocycles. The van der Waals surface area contributed by atoms with Crippen LogP contribution in [0.2, 0.25) is 0 Å². The fraction of sp³-hybridized carbons (Fsp3) is 0.800. The maximum Gasteiger partial charge on any atom is 0.150 e. The van der Waals surface area contributed by atoms with E-state index in [-0.39, 0.29) is 6.61 Å². The molecule has 1 aromatic rings. The van der Waals surface area contributed by atoms with Gasteiger partial charge in [-0.2, -0.15) is 5.10 Å². The monoisotopic (exact) mass is 195 g/mol. The number of hydrogen-bond acceptors (Lipinski definition) is 3. The summed E-state index contributed by atoms with van der Waals surface area (Å²) < 4.78 is 1.97. The molecule has 0 saturated heterocycles. The van der Waals surface area contributed by atoms with Gasteiger partial charge in [0.1, 0.15) is 5.82 Å². The lowest BCUT2D eigenvalue weighted by atomic mass is 10.0. The Kier molecular flexibility index (Phi) is 2.82. The van der Waals surface area contributed by atoms with Crippen molar-refractivity contribution >= 4 is 0 Å². The molecule has 4 nitrogen and oxygen atoms in total. The Morgan fingerprint density at radius 1 is 1.57 bits per heavy atom. The van der Waals surface area contributed by atoms with Crippen molar-refractivity contribution in [3.8, 4) is 0 Å². The summed E-state index contributed by atoms with van der Waals surface area (Å²) in [5.74, 6) is 2.43. The SMILES string of the molecule is CCCc1nc2n(n1)CC(CO)CC2. The van der Waals surface area contributed by atoms with E-state index in [1.807, 2.05) is 4.68 Å². The molecule has 0 aliphatic carbocycles. The lowest BCUT2D eigenvalue weighted by molar-refractivity contribution is 0.185. The van der Waals surface area contributed by atoms with E-state index in [9.17, 15) is 0 Å². The second kappa shape index (κ2) is 4.09. The molecule has 78 valence electrons. The summed E-state index contributed by atoms with van der Waals surface area (Å²) in [6, 6.07) is 0. The van der Waals surface area contributed by atoms with Crippen molar-refractivity contribution in [3.05, 3.63) is 11.6 Å². The van der Waals surface area contributed by atoms with Gasteiger partial charge in [-0.15, -0.1) is 0 Å². The predicted octanol–water partition coefficient (Wildman–Crippen LogP) is 0.785. The van der Waals surface area contributed by atoms with Gasteiger partial charge >= 0.3 is 0 Å². The molecule has 0 spiro atoms.